The average molecular weight is 427 g/mol. The zero-order valence-electron chi connectivity index (χ0n) is 14.2. The van der Waals surface area contributed by atoms with Crippen molar-refractivity contribution in [3.8, 4) is 5.75 Å². The van der Waals surface area contributed by atoms with Crippen LogP contribution in [0, 0.1) is 5.82 Å². The summed E-state index contributed by atoms with van der Waals surface area (Å²) in [5.41, 5.74) is 1.95. The highest BCUT2D eigenvalue weighted by atomic mass is 79.9. The van der Waals surface area contributed by atoms with Gasteiger partial charge in [-0.05, 0) is 51.3 Å². The van der Waals surface area contributed by atoms with E-state index in [2.05, 4.69) is 26.2 Å². The minimum Gasteiger partial charge on any atom is -0.489 e. The van der Waals surface area contributed by atoms with Gasteiger partial charge in [-0.3, -0.25) is 4.79 Å². The molecule has 1 aromatic heterocycles. The summed E-state index contributed by atoms with van der Waals surface area (Å²) in [4.78, 5) is 15.8. The molecule has 1 N–H and O–H groups in total. The van der Waals surface area contributed by atoms with Gasteiger partial charge in [0.25, 0.3) is 0 Å². The molecule has 0 spiro atoms. The lowest BCUT2D eigenvalue weighted by molar-refractivity contribution is -0.111. The van der Waals surface area contributed by atoms with Crippen molar-refractivity contribution in [3.05, 3.63) is 94.4 Å². The third-order valence-electron chi connectivity index (χ3n) is 3.60. The Balaban J connectivity index is 1.54. The first-order chi connectivity index (χ1) is 13.1. The number of hydrogen-bond donors (Lipinski definition) is 1. The second-order valence-corrected chi connectivity index (χ2v) is 6.50. The Kier molecular flexibility index (Phi) is 6.33. The first kappa shape index (κ1) is 18.8. The summed E-state index contributed by atoms with van der Waals surface area (Å²) in [6.45, 7) is 0.498. The van der Waals surface area contributed by atoms with Crippen LogP contribution in [0.25, 0.3) is 6.08 Å². The SMILES string of the molecule is O=C(/C=C/c1ccc(OCc2ccccc2)cc1)Nc1ncc(F)cc1Br. The molecule has 0 radical (unpaired) electrons. The molecule has 136 valence electrons. The minimum absolute atomic E-state index is 0.260. The van der Waals surface area contributed by atoms with Gasteiger partial charge < -0.3 is 10.1 Å². The van der Waals surface area contributed by atoms with Crippen molar-refractivity contribution in [1.29, 1.82) is 0 Å². The van der Waals surface area contributed by atoms with Gasteiger partial charge in [0.05, 0.1) is 10.7 Å². The summed E-state index contributed by atoms with van der Waals surface area (Å²) in [5.74, 6) is 0.166. The molecule has 0 saturated heterocycles. The van der Waals surface area contributed by atoms with Crippen molar-refractivity contribution in [2.75, 3.05) is 5.32 Å². The third-order valence-corrected chi connectivity index (χ3v) is 4.21. The van der Waals surface area contributed by atoms with Crippen LogP contribution >= 0.6 is 15.9 Å². The molecule has 27 heavy (non-hydrogen) atoms. The van der Waals surface area contributed by atoms with Gasteiger partial charge >= 0.3 is 0 Å². The van der Waals surface area contributed by atoms with E-state index in [-0.39, 0.29) is 11.7 Å². The van der Waals surface area contributed by atoms with Crippen LogP contribution < -0.4 is 10.1 Å². The normalized spacial score (nSPS) is 10.7. The van der Waals surface area contributed by atoms with E-state index in [1.54, 1.807) is 6.08 Å². The second kappa shape index (κ2) is 9.09. The van der Waals surface area contributed by atoms with E-state index in [0.717, 1.165) is 23.1 Å². The van der Waals surface area contributed by atoms with E-state index in [1.807, 2.05) is 54.6 Å². The number of amides is 1. The van der Waals surface area contributed by atoms with E-state index < -0.39 is 5.82 Å². The van der Waals surface area contributed by atoms with E-state index in [4.69, 9.17) is 4.74 Å². The molecule has 1 amide bonds. The molecule has 6 heteroatoms. The largest absolute Gasteiger partial charge is 0.489 e. The van der Waals surface area contributed by atoms with Gasteiger partial charge in [-0.2, -0.15) is 0 Å². The number of pyridine rings is 1. The lowest BCUT2D eigenvalue weighted by Crippen LogP contribution is -2.09. The number of nitrogens with one attached hydrogen (secondary N) is 1. The summed E-state index contributed by atoms with van der Waals surface area (Å²) in [7, 11) is 0. The van der Waals surface area contributed by atoms with Crippen molar-refractivity contribution in [3.63, 3.8) is 0 Å². The van der Waals surface area contributed by atoms with Crippen molar-refractivity contribution >= 4 is 33.7 Å². The smallest absolute Gasteiger partial charge is 0.249 e. The van der Waals surface area contributed by atoms with Crippen LogP contribution in [-0.4, -0.2) is 10.9 Å². The lowest BCUT2D eigenvalue weighted by atomic mass is 10.2. The molecule has 0 atom stereocenters. The third kappa shape index (κ3) is 5.76. The highest BCUT2D eigenvalue weighted by molar-refractivity contribution is 9.10. The molecule has 0 bridgehead atoms. The van der Waals surface area contributed by atoms with Gasteiger partial charge in [-0.1, -0.05) is 42.5 Å². The van der Waals surface area contributed by atoms with Crippen LogP contribution in [0.3, 0.4) is 0 Å². The van der Waals surface area contributed by atoms with E-state index in [9.17, 15) is 9.18 Å². The fourth-order valence-electron chi connectivity index (χ4n) is 2.25. The van der Waals surface area contributed by atoms with Crippen LogP contribution in [0.4, 0.5) is 10.2 Å². The van der Waals surface area contributed by atoms with Gasteiger partial charge in [0.1, 0.15) is 24.0 Å². The molecule has 2 aromatic carbocycles. The van der Waals surface area contributed by atoms with Gasteiger partial charge in [-0.25, -0.2) is 9.37 Å². The first-order valence-corrected chi connectivity index (χ1v) is 8.96. The molecular formula is C21H16BrFN2O2. The Bertz CT molecular complexity index is 944. The topological polar surface area (TPSA) is 51.2 Å². The first-order valence-electron chi connectivity index (χ1n) is 8.17. The average Bonchev–Trinajstić information content (AvgIpc) is 2.68. The Morgan fingerprint density at radius 2 is 1.89 bits per heavy atom. The number of ether oxygens (including phenoxy) is 1. The maximum atomic E-state index is 13.0. The summed E-state index contributed by atoms with van der Waals surface area (Å²) in [5, 5.41) is 2.58. The maximum absolute atomic E-state index is 13.0. The van der Waals surface area contributed by atoms with Crippen LogP contribution in [0.15, 0.2) is 77.4 Å². The number of benzene rings is 2. The van der Waals surface area contributed by atoms with Crippen LogP contribution in [0.5, 0.6) is 5.75 Å². The van der Waals surface area contributed by atoms with Crippen LogP contribution in [0.2, 0.25) is 0 Å². The van der Waals surface area contributed by atoms with Crippen molar-refractivity contribution in [1.82, 2.24) is 4.98 Å². The fraction of sp³-hybridized carbons (Fsp3) is 0.0476. The molecule has 4 nitrogen and oxygen atoms in total. The summed E-state index contributed by atoms with van der Waals surface area (Å²) in [6, 6.07) is 18.6. The van der Waals surface area contributed by atoms with E-state index in [1.165, 1.54) is 12.1 Å². The summed E-state index contributed by atoms with van der Waals surface area (Å²) < 4.78 is 19.1. The Labute approximate surface area is 164 Å². The number of anilines is 1. The van der Waals surface area contributed by atoms with Crippen LogP contribution in [-0.2, 0) is 11.4 Å². The Morgan fingerprint density at radius 3 is 2.59 bits per heavy atom. The number of rotatable bonds is 6. The van der Waals surface area contributed by atoms with Crippen LogP contribution in [0.1, 0.15) is 11.1 Å². The number of hydrogen-bond acceptors (Lipinski definition) is 3. The number of aromatic nitrogens is 1. The van der Waals surface area contributed by atoms with Gasteiger partial charge in [0.15, 0.2) is 0 Å². The fourth-order valence-corrected chi connectivity index (χ4v) is 2.67. The quantitative estimate of drug-likeness (QED) is 0.550. The van der Waals surface area contributed by atoms with Gasteiger partial charge in [0, 0.05) is 6.08 Å². The maximum Gasteiger partial charge on any atom is 0.249 e. The number of nitrogens with zero attached hydrogens (tertiary/aromatic N) is 1. The molecule has 3 rings (SSSR count). The predicted octanol–water partition coefficient (Wildman–Crippen LogP) is 5.21. The molecule has 0 aliphatic heterocycles. The van der Waals surface area contributed by atoms with Gasteiger partial charge in [-0.15, -0.1) is 0 Å². The molecule has 0 fully saturated rings. The van der Waals surface area contributed by atoms with Gasteiger partial charge in [0.2, 0.25) is 5.91 Å². The zero-order chi connectivity index (χ0) is 19.1. The summed E-state index contributed by atoms with van der Waals surface area (Å²) >= 11 is 3.16. The monoisotopic (exact) mass is 426 g/mol. The molecule has 0 saturated carbocycles. The molecule has 0 unspecified atom stereocenters. The highest BCUT2D eigenvalue weighted by Crippen LogP contribution is 2.20. The number of halogens is 2. The van der Waals surface area contributed by atoms with Crippen molar-refractivity contribution in [2.24, 2.45) is 0 Å². The predicted molar refractivity (Wildman–Crippen MR) is 107 cm³/mol. The Hall–Kier alpha value is -2.99. The van der Waals surface area contributed by atoms with Crippen molar-refractivity contribution < 1.29 is 13.9 Å². The molecule has 0 aliphatic carbocycles. The van der Waals surface area contributed by atoms with E-state index >= 15 is 0 Å². The second-order valence-electron chi connectivity index (χ2n) is 5.65. The standard InChI is InChI=1S/C21H16BrFN2O2/c22-19-12-17(23)13-24-21(19)25-20(26)11-8-15-6-9-18(10-7-15)27-14-16-4-2-1-3-5-16/h1-13H,14H2,(H,24,25,26)/b11-8+. The van der Waals surface area contributed by atoms with Crippen molar-refractivity contribution in [2.45, 2.75) is 6.61 Å². The summed E-state index contributed by atoms with van der Waals surface area (Å²) in [6.07, 6.45) is 4.10. The molecule has 0 aliphatic rings. The number of carbonyl (C=O) groups excluding carboxylic acids is 1. The highest BCUT2D eigenvalue weighted by Gasteiger charge is 2.05. The lowest BCUT2D eigenvalue weighted by Gasteiger charge is -2.06. The number of carbonyl (C=O) groups is 1. The Morgan fingerprint density at radius 1 is 1.15 bits per heavy atom. The zero-order valence-corrected chi connectivity index (χ0v) is 15.8. The minimum atomic E-state index is -0.481. The van der Waals surface area contributed by atoms with E-state index in [0.29, 0.717) is 11.1 Å². The molecule has 3 aromatic rings. The molecule has 1 heterocycles. The molecular weight excluding hydrogens is 411 g/mol.